The molecule has 2 aromatic carbocycles. The van der Waals surface area contributed by atoms with Gasteiger partial charge in [-0.3, -0.25) is 9.89 Å². The van der Waals surface area contributed by atoms with Crippen LogP contribution in [0.4, 0.5) is 5.69 Å². The summed E-state index contributed by atoms with van der Waals surface area (Å²) in [7, 11) is 3.23. The van der Waals surface area contributed by atoms with E-state index in [1.807, 2.05) is 24.3 Å². The van der Waals surface area contributed by atoms with Crippen molar-refractivity contribution >= 4 is 28.6 Å². The Bertz CT molecular complexity index is 1000. The highest BCUT2D eigenvalue weighted by Crippen LogP contribution is 2.30. The van der Waals surface area contributed by atoms with Crippen molar-refractivity contribution in [3.8, 4) is 11.5 Å². The lowest BCUT2D eigenvalue weighted by Crippen LogP contribution is -2.24. The van der Waals surface area contributed by atoms with Gasteiger partial charge < -0.3 is 24.8 Å². The van der Waals surface area contributed by atoms with Gasteiger partial charge in [-0.05, 0) is 24.3 Å². The van der Waals surface area contributed by atoms with E-state index in [1.165, 1.54) is 6.08 Å². The number of hydrogen-bond donors (Lipinski definition) is 3. The molecule has 8 heteroatoms. The van der Waals surface area contributed by atoms with Crippen molar-refractivity contribution in [3.63, 3.8) is 0 Å². The molecule has 0 saturated heterocycles. The van der Waals surface area contributed by atoms with E-state index in [0.29, 0.717) is 42.6 Å². The minimum atomic E-state index is -0.264. The second kappa shape index (κ2) is 11.0. The lowest BCUT2D eigenvalue weighted by molar-refractivity contribution is -0.111. The van der Waals surface area contributed by atoms with E-state index in [1.54, 1.807) is 38.5 Å². The number of aromatic amines is 1. The van der Waals surface area contributed by atoms with Crippen molar-refractivity contribution in [1.82, 2.24) is 15.5 Å². The lowest BCUT2D eigenvalue weighted by Gasteiger charge is -2.12. The molecule has 1 amide bonds. The molecular weight excluding hydrogens is 384 g/mol. The molecule has 0 spiro atoms. The quantitative estimate of drug-likeness (QED) is 0.332. The van der Waals surface area contributed by atoms with Crippen molar-refractivity contribution in [2.24, 2.45) is 0 Å². The molecule has 0 bridgehead atoms. The van der Waals surface area contributed by atoms with Crippen molar-refractivity contribution in [1.29, 1.82) is 0 Å². The second-order valence-corrected chi connectivity index (χ2v) is 6.43. The average Bonchev–Trinajstić information content (AvgIpc) is 3.18. The molecule has 0 radical (unpaired) electrons. The van der Waals surface area contributed by atoms with Crippen LogP contribution in [-0.4, -0.2) is 56.6 Å². The van der Waals surface area contributed by atoms with Crippen LogP contribution >= 0.6 is 0 Å². The number of benzene rings is 2. The monoisotopic (exact) mass is 410 g/mol. The molecule has 0 aliphatic rings. The Hall–Kier alpha value is -3.36. The van der Waals surface area contributed by atoms with Crippen LogP contribution in [0.5, 0.6) is 11.5 Å². The molecule has 0 aliphatic heterocycles. The summed E-state index contributed by atoms with van der Waals surface area (Å²) >= 11 is 0. The van der Waals surface area contributed by atoms with Crippen LogP contribution in [0.25, 0.3) is 17.0 Å². The molecule has 1 aromatic heterocycles. The van der Waals surface area contributed by atoms with Gasteiger partial charge in [0.15, 0.2) is 11.5 Å². The number of fused-ring (bicyclic) bond motifs is 1. The van der Waals surface area contributed by atoms with E-state index in [-0.39, 0.29) is 5.91 Å². The third-order valence-corrected chi connectivity index (χ3v) is 4.34. The van der Waals surface area contributed by atoms with E-state index >= 15 is 0 Å². The minimum absolute atomic E-state index is 0.264. The summed E-state index contributed by atoms with van der Waals surface area (Å²) in [5.41, 5.74) is 2.24. The molecule has 0 atom stereocenters. The van der Waals surface area contributed by atoms with Gasteiger partial charge in [-0.1, -0.05) is 18.2 Å². The van der Waals surface area contributed by atoms with Crippen LogP contribution in [0.3, 0.4) is 0 Å². The smallest absolute Gasteiger partial charge is 0.248 e. The molecule has 158 valence electrons. The Balaban J connectivity index is 1.56. The van der Waals surface area contributed by atoms with Crippen LogP contribution in [-0.2, 0) is 9.53 Å². The van der Waals surface area contributed by atoms with Gasteiger partial charge in [-0.25, -0.2) is 0 Å². The van der Waals surface area contributed by atoms with Crippen molar-refractivity contribution in [3.05, 3.63) is 54.2 Å². The number of carbonyl (C=O) groups excluding carboxylic acids is 1. The van der Waals surface area contributed by atoms with Crippen molar-refractivity contribution in [2.45, 2.75) is 0 Å². The number of anilines is 1. The predicted molar refractivity (Wildman–Crippen MR) is 117 cm³/mol. The molecule has 8 nitrogen and oxygen atoms in total. The second-order valence-electron chi connectivity index (χ2n) is 6.43. The highest BCUT2D eigenvalue weighted by molar-refractivity contribution is 6.03. The number of methoxy groups -OCH3 is 2. The molecule has 30 heavy (non-hydrogen) atoms. The number of H-pyrrole nitrogens is 1. The number of aromatic nitrogens is 2. The Morgan fingerprint density at radius 3 is 2.77 bits per heavy atom. The average molecular weight is 410 g/mol. The van der Waals surface area contributed by atoms with Gasteiger partial charge in [0, 0.05) is 43.4 Å². The first kappa shape index (κ1) is 21.4. The molecule has 0 aliphatic carbocycles. The predicted octanol–water partition coefficient (Wildman–Crippen LogP) is 2.84. The number of carbonyl (C=O) groups is 1. The highest BCUT2D eigenvalue weighted by Gasteiger charge is 2.08. The number of nitrogens with one attached hydrogen (secondary N) is 3. The standard InChI is InChI=1S/C22H26N4O4/c1-28-13-11-23-12-14-30-20-9-7-16(15-21(20)29-2)24-22(27)10-8-19-17-5-3-4-6-18(17)25-26-19/h3-10,15,23H,11-14H2,1-2H3,(H,24,27)(H,25,26)/b10-8+. The summed E-state index contributed by atoms with van der Waals surface area (Å²) in [6.45, 7) is 2.61. The highest BCUT2D eigenvalue weighted by atomic mass is 16.5. The summed E-state index contributed by atoms with van der Waals surface area (Å²) in [5, 5.41) is 14.1. The largest absolute Gasteiger partial charge is 0.493 e. The molecule has 0 unspecified atom stereocenters. The van der Waals surface area contributed by atoms with Gasteiger partial charge >= 0.3 is 0 Å². The van der Waals surface area contributed by atoms with E-state index in [9.17, 15) is 4.79 Å². The lowest BCUT2D eigenvalue weighted by atomic mass is 10.2. The fourth-order valence-electron chi connectivity index (χ4n) is 2.85. The Kier molecular flexibility index (Phi) is 7.82. The Morgan fingerprint density at radius 2 is 1.93 bits per heavy atom. The third-order valence-electron chi connectivity index (χ3n) is 4.34. The number of hydrogen-bond acceptors (Lipinski definition) is 6. The number of ether oxygens (including phenoxy) is 3. The van der Waals surface area contributed by atoms with E-state index in [2.05, 4.69) is 20.8 Å². The maximum atomic E-state index is 12.3. The Labute approximate surface area is 175 Å². The summed E-state index contributed by atoms with van der Waals surface area (Å²) in [4.78, 5) is 12.3. The number of para-hydroxylation sites is 1. The van der Waals surface area contributed by atoms with E-state index in [4.69, 9.17) is 14.2 Å². The fraction of sp³-hybridized carbons (Fsp3) is 0.273. The summed E-state index contributed by atoms with van der Waals surface area (Å²) in [6.07, 6.45) is 3.13. The maximum absolute atomic E-state index is 12.3. The molecule has 3 rings (SSSR count). The summed E-state index contributed by atoms with van der Waals surface area (Å²) in [6, 6.07) is 13.0. The summed E-state index contributed by atoms with van der Waals surface area (Å²) < 4.78 is 16.1. The zero-order valence-corrected chi connectivity index (χ0v) is 17.1. The molecule has 1 heterocycles. The first-order chi connectivity index (χ1) is 14.7. The zero-order chi connectivity index (χ0) is 21.2. The van der Waals surface area contributed by atoms with E-state index < -0.39 is 0 Å². The van der Waals surface area contributed by atoms with Gasteiger partial charge in [0.1, 0.15) is 6.61 Å². The zero-order valence-electron chi connectivity index (χ0n) is 17.1. The Morgan fingerprint density at radius 1 is 1.10 bits per heavy atom. The minimum Gasteiger partial charge on any atom is -0.493 e. The van der Waals surface area contributed by atoms with Crippen LogP contribution in [0.1, 0.15) is 5.69 Å². The van der Waals surface area contributed by atoms with Gasteiger partial charge in [0.05, 0.1) is 24.9 Å². The van der Waals surface area contributed by atoms with E-state index in [0.717, 1.165) is 17.4 Å². The number of nitrogens with zero attached hydrogens (tertiary/aromatic N) is 1. The van der Waals surface area contributed by atoms with Crippen LogP contribution < -0.4 is 20.1 Å². The van der Waals surface area contributed by atoms with Gasteiger partial charge in [-0.15, -0.1) is 0 Å². The SMILES string of the molecule is COCCNCCOc1ccc(NC(=O)/C=C/c2n[nH]c3ccccc23)cc1OC. The molecule has 3 aromatic rings. The number of amides is 1. The molecule has 0 saturated carbocycles. The molecular formula is C22H26N4O4. The first-order valence-electron chi connectivity index (χ1n) is 9.64. The topological polar surface area (TPSA) is 97.5 Å². The van der Waals surface area contributed by atoms with Crippen molar-refractivity contribution < 1.29 is 19.0 Å². The van der Waals surface area contributed by atoms with Crippen molar-refractivity contribution in [2.75, 3.05) is 45.8 Å². The van der Waals surface area contributed by atoms with Crippen LogP contribution in [0.15, 0.2) is 48.5 Å². The van der Waals surface area contributed by atoms with Gasteiger partial charge in [-0.2, -0.15) is 5.10 Å². The maximum Gasteiger partial charge on any atom is 0.248 e. The number of rotatable bonds is 11. The summed E-state index contributed by atoms with van der Waals surface area (Å²) in [5.74, 6) is 0.898. The van der Waals surface area contributed by atoms with Gasteiger partial charge in [0.25, 0.3) is 0 Å². The fourth-order valence-corrected chi connectivity index (χ4v) is 2.85. The third kappa shape index (κ3) is 5.82. The van der Waals surface area contributed by atoms with Crippen LogP contribution in [0.2, 0.25) is 0 Å². The first-order valence-corrected chi connectivity index (χ1v) is 9.64. The normalized spacial score (nSPS) is 11.1. The van der Waals surface area contributed by atoms with Gasteiger partial charge in [0.2, 0.25) is 5.91 Å². The molecule has 3 N–H and O–H groups in total. The molecule has 0 fully saturated rings. The van der Waals surface area contributed by atoms with Crippen LogP contribution in [0, 0.1) is 0 Å².